The van der Waals surface area contributed by atoms with Crippen molar-refractivity contribution in [2.24, 2.45) is 5.73 Å². The first-order chi connectivity index (χ1) is 5.36. The van der Waals surface area contributed by atoms with Gasteiger partial charge >= 0.3 is 0 Å². The van der Waals surface area contributed by atoms with Gasteiger partial charge in [-0.05, 0) is 24.6 Å². The molecule has 0 aromatic heterocycles. The minimum absolute atomic E-state index is 0.640. The summed E-state index contributed by atoms with van der Waals surface area (Å²) >= 11 is 1.25. The molecule has 0 aromatic rings. The molecule has 0 heterocycles. The average molecular weight is 166 g/mol. The molecule has 0 amide bonds. The van der Waals surface area contributed by atoms with Gasteiger partial charge in [0.05, 0.1) is 0 Å². The molecule has 2 nitrogen and oxygen atoms in total. The van der Waals surface area contributed by atoms with Gasteiger partial charge < -0.3 is 5.73 Å². The molecule has 1 rings (SSSR count). The third-order valence-corrected chi connectivity index (χ3v) is 2.33. The summed E-state index contributed by atoms with van der Waals surface area (Å²) in [5.41, 5.74) is 6.72. The molecule has 1 aliphatic rings. The number of hydrogen-bond donors (Lipinski definition) is 1. The molecule has 58 valence electrons. The van der Waals surface area contributed by atoms with Crippen molar-refractivity contribution in [2.75, 3.05) is 6.54 Å². The maximum Gasteiger partial charge on any atom is 0.138 e. The molecule has 0 radical (unpaired) electrons. The maximum absolute atomic E-state index is 8.37. The standard InChI is InChI=1S/C8H10N2S/c9-5-7-1-3-8(4-2-7)11-6-10/h1,3H,2,4-5,9H2. The van der Waals surface area contributed by atoms with Crippen LogP contribution in [0, 0.1) is 10.7 Å². The van der Waals surface area contributed by atoms with Crippen LogP contribution in [0.4, 0.5) is 0 Å². The number of thioether (sulfide) groups is 1. The second-order valence-electron chi connectivity index (χ2n) is 2.36. The fraction of sp³-hybridized carbons (Fsp3) is 0.375. The van der Waals surface area contributed by atoms with Crippen LogP contribution in [0.15, 0.2) is 22.6 Å². The minimum Gasteiger partial charge on any atom is -0.327 e. The molecule has 0 bridgehead atoms. The Hall–Kier alpha value is -0.720. The van der Waals surface area contributed by atoms with Crippen molar-refractivity contribution in [1.82, 2.24) is 0 Å². The van der Waals surface area contributed by atoms with E-state index in [1.807, 2.05) is 12.2 Å². The third-order valence-electron chi connectivity index (χ3n) is 1.64. The summed E-state index contributed by atoms with van der Waals surface area (Å²) in [6.45, 7) is 0.640. The number of nitriles is 1. The van der Waals surface area contributed by atoms with Crippen molar-refractivity contribution in [2.45, 2.75) is 12.8 Å². The van der Waals surface area contributed by atoms with E-state index in [1.54, 1.807) is 0 Å². The summed E-state index contributed by atoms with van der Waals surface area (Å²) in [4.78, 5) is 1.14. The molecule has 2 N–H and O–H groups in total. The first-order valence-electron chi connectivity index (χ1n) is 3.51. The van der Waals surface area contributed by atoms with Crippen molar-refractivity contribution in [1.29, 1.82) is 5.26 Å². The average Bonchev–Trinajstić information content (AvgIpc) is 2.07. The second-order valence-corrected chi connectivity index (χ2v) is 3.27. The van der Waals surface area contributed by atoms with E-state index >= 15 is 0 Å². The Morgan fingerprint density at radius 2 is 2.36 bits per heavy atom. The van der Waals surface area contributed by atoms with Crippen LogP contribution >= 0.6 is 11.8 Å². The van der Waals surface area contributed by atoms with Crippen molar-refractivity contribution < 1.29 is 0 Å². The van der Waals surface area contributed by atoms with Crippen LogP contribution in [0.25, 0.3) is 0 Å². The van der Waals surface area contributed by atoms with Crippen LogP contribution in [0.3, 0.4) is 0 Å². The molecule has 0 atom stereocenters. The number of rotatable bonds is 2. The molecular weight excluding hydrogens is 156 g/mol. The van der Waals surface area contributed by atoms with Gasteiger partial charge in [0, 0.05) is 11.4 Å². The highest BCUT2D eigenvalue weighted by molar-refractivity contribution is 8.07. The number of allylic oxidation sites excluding steroid dienone is 3. The zero-order valence-corrected chi connectivity index (χ0v) is 7.03. The Balaban J connectivity index is 2.56. The van der Waals surface area contributed by atoms with E-state index < -0.39 is 0 Å². The molecule has 0 spiro atoms. The Morgan fingerprint density at radius 3 is 2.82 bits per heavy atom. The lowest BCUT2D eigenvalue weighted by Gasteiger charge is -2.09. The summed E-state index contributed by atoms with van der Waals surface area (Å²) in [6, 6.07) is 0. The number of thiocyanates is 1. The molecule has 11 heavy (non-hydrogen) atoms. The van der Waals surface area contributed by atoms with E-state index in [4.69, 9.17) is 11.0 Å². The fourth-order valence-electron chi connectivity index (χ4n) is 0.975. The van der Waals surface area contributed by atoms with Crippen molar-refractivity contribution >= 4 is 11.8 Å². The topological polar surface area (TPSA) is 49.8 Å². The predicted octanol–water partition coefficient (Wildman–Crippen LogP) is 1.76. The lowest BCUT2D eigenvalue weighted by molar-refractivity contribution is 0.907. The number of nitrogens with zero attached hydrogens (tertiary/aromatic N) is 1. The van der Waals surface area contributed by atoms with Crippen LogP contribution < -0.4 is 5.73 Å². The van der Waals surface area contributed by atoms with Gasteiger partial charge in [-0.1, -0.05) is 17.7 Å². The first-order valence-corrected chi connectivity index (χ1v) is 4.33. The normalized spacial score (nSPS) is 16.7. The first kappa shape index (κ1) is 8.38. The third kappa shape index (κ3) is 2.41. The molecular formula is C8H10N2S. The maximum atomic E-state index is 8.37. The van der Waals surface area contributed by atoms with Crippen molar-refractivity contribution in [3.05, 3.63) is 22.6 Å². The molecule has 1 aliphatic carbocycles. The molecule has 0 fully saturated rings. The Bertz CT molecular complexity index is 235. The zero-order chi connectivity index (χ0) is 8.10. The van der Waals surface area contributed by atoms with Crippen LogP contribution in [0.1, 0.15) is 12.8 Å². The SMILES string of the molecule is N#CSC1=CC=C(CN)CC1. The molecule has 3 heteroatoms. The van der Waals surface area contributed by atoms with Gasteiger partial charge in [0.2, 0.25) is 0 Å². The number of hydrogen-bond acceptors (Lipinski definition) is 3. The highest BCUT2D eigenvalue weighted by Gasteiger charge is 2.04. The fourth-order valence-corrected chi connectivity index (χ4v) is 1.43. The zero-order valence-electron chi connectivity index (χ0n) is 6.21. The molecule has 0 unspecified atom stereocenters. The lowest BCUT2D eigenvalue weighted by Crippen LogP contribution is -2.04. The van der Waals surface area contributed by atoms with E-state index in [1.165, 1.54) is 17.3 Å². The van der Waals surface area contributed by atoms with E-state index in [0.717, 1.165) is 17.7 Å². The van der Waals surface area contributed by atoms with Gasteiger partial charge in [-0.15, -0.1) is 0 Å². The van der Waals surface area contributed by atoms with Gasteiger partial charge in [-0.25, -0.2) is 0 Å². The van der Waals surface area contributed by atoms with Crippen LogP contribution in [0.5, 0.6) is 0 Å². The van der Waals surface area contributed by atoms with Gasteiger partial charge in [0.1, 0.15) is 5.40 Å². The van der Waals surface area contributed by atoms with Gasteiger partial charge in [0.15, 0.2) is 0 Å². The molecule has 0 aromatic carbocycles. The van der Waals surface area contributed by atoms with Crippen molar-refractivity contribution in [3.8, 4) is 5.40 Å². The largest absolute Gasteiger partial charge is 0.327 e. The van der Waals surface area contributed by atoms with E-state index in [0.29, 0.717) is 6.54 Å². The summed E-state index contributed by atoms with van der Waals surface area (Å²) in [5.74, 6) is 0. The highest BCUT2D eigenvalue weighted by Crippen LogP contribution is 2.25. The van der Waals surface area contributed by atoms with Gasteiger partial charge in [-0.2, -0.15) is 5.26 Å². The quantitative estimate of drug-likeness (QED) is 0.636. The summed E-state index contributed by atoms with van der Waals surface area (Å²) < 4.78 is 0. The van der Waals surface area contributed by atoms with Gasteiger partial charge in [0.25, 0.3) is 0 Å². The second kappa shape index (κ2) is 4.22. The van der Waals surface area contributed by atoms with E-state index in [-0.39, 0.29) is 0 Å². The Kier molecular flexibility index (Phi) is 3.21. The monoisotopic (exact) mass is 166 g/mol. The number of nitrogens with two attached hydrogens (primary N) is 1. The Morgan fingerprint density at radius 1 is 1.55 bits per heavy atom. The minimum atomic E-state index is 0.640. The van der Waals surface area contributed by atoms with Gasteiger partial charge in [-0.3, -0.25) is 0 Å². The van der Waals surface area contributed by atoms with Crippen molar-refractivity contribution in [3.63, 3.8) is 0 Å². The van der Waals surface area contributed by atoms with E-state index in [2.05, 4.69) is 5.40 Å². The Labute approximate surface area is 70.8 Å². The smallest absolute Gasteiger partial charge is 0.138 e. The lowest BCUT2D eigenvalue weighted by atomic mass is 10.1. The molecule has 0 aliphatic heterocycles. The summed E-state index contributed by atoms with van der Waals surface area (Å²) in [5, 5.41) is 10.4. The van der Waals surface area contributed by atoms with E-state index in [9.17, 15) is 0 Å². The molecule has 0 saturated carbocycles. The predicted molar refractivity (Wildman–Crippen MR) is 47.7 cm³/mol. The van der Waals surface area contributed by atoms with Crippen LogP contribution in [0.2, 0.25) is 0 Å². The molecule has 0 saturated heterocycles. The summed E-state index contributed by atoms with van der Waals surface area (Å²) in [6.07, 6.45) is 5.99. The van der Waals surface area contributed by atoms with Crippen LogP contribution in [-0.2, 0) is 0 Å². The van der Waals surface area contributed by atoms with Crippen LogP contribution in [-0.4, -0.2) is 6.54 Å². The summed E-state index contributed by atoms with van der Waals surface area (Å²) in [7, 11) is 0. The highest BCUT2D eigenvalue weighted by atomic mass is 32.2.